The number of nitrogens with two attached hydrogens (primary N) is 1. The van der Waals surface area contributed by atoms with Gasteiger partial charge in [-0.1, -0.05) is 62.4 Å². The van der Waals surface area contributed by atoms with Crippen LogP contribution in [0.4, 0.5) is 38.5 Å². The summed E-state index contributed by atoms with van der Waals surface area (Å²) >= 11 is 0. The number of aryl methyl sites for hydroxylation is 2. The number of benzene rings is 4. The van der Waals surface area contributed by atoms with Gasteiger partial charge in [-0.05, 0) is 98.9 Å². The Morgan fingerprint density at radius 2 is 1.00 bits per heavy atom. The highest BCUT2D eigenvalue weighted by molar-refractivity contribution is 6.00. The number of hydrogen-bond acceptors (Lipinski definition) is 6. The van der Waals surface area contributed by atoms with Crippen molar-refractivity contribution in [1.29, 1.82) is 0 Å². The topological polar surface area (TPSA) is 136 Å². The van der Waals surface area contributed by atoms with Gasteiger partial charge in [-0.25, -0.2) is 18.4 Å². The highest BCUT2D eigenvalue weighted by Crippen LogP contribution is 2.26. The fraction of sp³-hybridized carbons (Fsp3) is 0.396. The van der Waals surface area contributed by atoms with E-state index in [9.17, 15) is 41.5 Å². The summed E-state index contributed by atoms with van der Waals surface area (Å²) in [5.41, 5.74) is 9.79. The van der Waals surface area contributed by atoms with Crippen LogP contribution >= 0.6 is 0 Å². The van der Waals surface area contributed by atoms with Crippen molar-refractivity contribution in [1.82, 2.24) is 15.1 Å². The molecule has 2 heterocycles. The Kier molecular flexibility index (Phi) is 17.8. The van der Waals surface area contributed by atoms with Crippen molar-refractivity contribution >= 4 is 40.9 Å². The highest BCUT2D eigenvalue weighted by atomic mass is 19.3. The molecule has 2 aliphatic rings. The molecule has 0 aliphatic carbocycles. The summed E-state index contributed by atoms with van der Waals surface area (Å²) in [5, 5.41) is 1.81. The number of Topliss-reactive ketones (excluding diaryl/α,β-unsaturated/α-hetero) is 2. The minimum absolute atomic E-state index is 0.0385. The molecule has 5 amide bonds. The first-order chi connectivity index (χ1) is 30.3. The Bertz CT molecular complexity index is 2190. The van der Waals surface area contributed by atoms with Gasteiger partial charge < -0.3 is 20.9 Å². The number of urea groups is 2. The number of anilines is 2. The summed E-state index contributed by atoms with van der Waals surface area (Å²) in [6.07, 6.45) is 4.52. The van der Waals surface area contributed by atoms with Crippen molar-refractivity contribution in [2.45, 2.75) is 84.7 Å². The van der Waals surface area contributed by atoms with Gasteiger partial charge >= 0.3 is 18.5 Å². The number of nitrogens with one attached hydrogen (secondary N) is 1. The van der Waals surface area contributed by atoms with Crippen LogP contribution in [-0.4, -0.2) is 85.0 Å². The second-order valence-corrected chi connectivity index (χ2v) is 15.6. The van der Waals surface area contributed by atoms with Crippen molar-refractivity contribution in [3.8, 4) is 0 Å². The summed E-state index contributed by atoms with van der Waals surface area (Å²) in [7, 11) is 0. The zero-order valence-electron chi connectivity index (χ0n) is 35.9. The molecule has 0 radical (unpaired) electrons. The summed E-state index contributed by atoms with van der Waals surface area (Å²) in [5.74, 6) is -3.78. The van der Waals surface area contributed by atoms with E-state index in [0.29, 0.717) is 24.3 Å². The monoisotopic (exact) mass is 872 g/mol. The predicted octanol–water partition coefficient (Wildman–Crippen LogP) is 8.71. The van der Waals surface area contributed by atoms with E-state index in [-0.39, 0.29) is 54.2 Å². The van der Waals surface area contributed by atoms with Gasteiger partial charge in [0.25, 0.3) is 5.91 Å². The number of likely N-dealkylation sites (tertiary alicyclic amines) is 2. The molecule has 2 saturated heterocycles. The van der Waals surface area contributed by atoms with E-state index >= 15 is 0 Å². The zero-order valence-corrected chi connectivity index (χ0v) is 35.9. The number of carbonyl (C=O) groups excluding carboxylic acids is 5. The molecular formula is C48H56F4N6O5. The van der Waals surface area contributed by atoms with Crippen molar-refractivity contribution in [2.75, 3.05) is 49.1 Å². The van der Waals surface area contributed by atoms with E-state index < -0.39 is 36.3 Å². The number of hydrogen-bond donors (Lipinski definition) is 2. The lowest BCUT2D eigenvalue weighted by Crippen LogP contribution is -2.45. The van der Waals surface area contributed by atoms with E-state index in [1.165, 1.54) is 28.7 Å². The molecular weight excluding hydrogens is 817 g/mol. The van der Waals surface area contributed by atoms with E-state index in [1.54, 1.807) is 21.9 Å². The third-order valence-corrected chi connectivity index (χ3v) is 11.2. The number of rotatable bonds is 14. The second kappa shape index (κ2) is 23.4. The Morgan fingerprint density at radius 3 is 1.35 bits per heavy atom. The first-order valence-electron chi connectivity index (χ1n) is 21.5. The molecule has 0 spiro atoms. The summed E-state index contributed by atoms with van der Waals surface area (Å²) < 4.78 is 54.2. The molecule has 2 fully saturated rings. The molecule has 0 saturated carbocycles. The molecule has 63 heavy (non-hydrogen) atoms. The smallest absolute Gasteiger partial charge is 0.324 e. The number of ketones is 2. The first-order valence-corrected chi connectivity index (χ1v) is 21.5. The average Bonchev–Trinajstić information content (AvgIpc) is 3.32. The van der Waals surface area contributed by atoms with Gasteiger partial charge in [0.2, 0.25) is 0 Å². The minimum Gasteiger partial charge on any atom is -0.344 e. The van der Waals surface area contributed by atoms with Gasteiger partial charge in [-0.15, -0.1) is 0 Å². The van der Waals surface area contributed by atoms with Crippen LogP contribution in [0.2, 0.25) is 0 Å². The van der Waals surface area contributed by atoms with Gasteiger partial charge in [-0.3, -0.25) is 24.2 Å². The molecule has 336 valence electrons. The molecule has 0 atom stereocenters. The Morgan fingerprint density at radius 1 is 0.603 bits per heavy atom. The van der Waals surface area contributed by atoms with Crippen molar-refractivity contribution in [2.24, 2.45) is 5.73 Å². The summed E-state index contributed by atoms with van der Waals surface area (Å²) in [4.78, 5) is 68.2. The van der Waals surface area contributed by atoms with Gasteiger partial charge in [0.15, 0.2) is 11.6 Å². The maximum atomic E-state index is 14.9. The summed E-state index contributed by atoms with van der Waals surface area (Å²) in [6, 6.07) is 23.1. The Hall–Kier alpha value is -6.09. The number of piperidine rings is 2. The third kappa shape index (κ3) is 13.2. The first kappa shape index (κ1) is 48.0. The van der Waals surface area contributed by atoms with Crippen LogP contribution in [0, 0.1) is 11.6 Å². The van der Waals surface area contributed by atoms with E-state index in [0.717, 1.165) is 81.8 Å². The van der Waals surface area contributed by atoms with Gasteiger partial charge in [0.1, 0.15) is 11.6 Å². The fourth-order valence-electron chi connectivity index (χ4n) is 7.38. The van der Waals surface area contributed by atoms with E-state index in [1.807, 2.05) is 65.7 Å². The molecule has 4 aromatic rings. The van der Waals surface area contributed by atoms with E-state index in [4.69, 9.17) is 5.73 Å². The number of amides is 5. The Labute approximate surface area is 366 Å². The van der Waals surface area contributed by atoms with Crippen molar-refractivity contribution in [3.63, 3.8) is 0 Å². The van der Waals surface area contributed by atoms with Crippen LogP contribution in [0.1, 0.15) is 95.3 Å². The van der Waals surface area contributed by atoms with Crippen LogP contribution < -0.4 is 20.9 Å². The normalized spacial score (nSPS) is 13.8. The van der Waals surface area contributed by atoms with Gasteiger partial charge in [-0.2, -0.15) is 8.78 Å². The lowest BCUT2D eigenvalue weighted by molar-refractivity contribution is -0.131. The lowest BCUT2D eigenvalue weighted by atomic mass is 10.1. The Balaban J connectivity index is 0.000000240. The maximum absolute atomic E-state index is 14.9. The highest BCUT2D eigenvalue weighted by Gasteiger charge is 2.27. The maximum Gasteiger partial charge on any atom is 0.324 e. The fourth-order valence-corrected chi connectivity index (χ4v) is 7.38. The van der Waals surface area contributed by atoms with Crippen molar-refractivity contribution < 1.29 is 41.5 Å². The SMILES string of the molecule is CCc1ccc(N(Cc2ccc(C(=O)CN)cc2F)C(=O)N2CCCCC2)cc1.CCc1ccc(N(Cc2ccc(C(=O)CNC(=O)C(F)F)cc2F)C(=O)N2CCCCC2)cc1. The minimum atomic E-state index is -3.23. The molecule has 2 aliphatic heterocycles. The van der Waals surface area contributed by atoms with Crippen LogP contribution in [0.15, 0.2) is 84.9 Å². The molecule has 3 N–H and O–H groups in total. The molecule has 0 bridgehead atoms. The number of halogens is 4. The number of alkyl halides is 2. The molecule has 0 aromatic heterocycles. The zero-order chi connectivity index (χ0) is 45.5. The predicted molar refractivity (Wildman–Crippen MR) is 235 cm³/mol. The molecule has 4 aromatic carbocycles. The lowest BCUT2D eigenvalue weighted by Gasteiger charge is -2.33. The third-order valence-electron chi connectivity index (χ3n) is 11.2. The van der Waals surface area contributed by atoms with Crippen LogP contribution in [0.25, 0.3) is 0 Å². The van der Waals surface area contributed by atoms with E-state index in [2.05, 4.69) is 6.92 Å². The standard InChI is InChI=1S/C25H28F3N3O3.C23H28FN3O2/c1-2-17-6-10-20(11-7-17)31(25(34)30-12-4-3-5-13-30)16-19-9-8-18(14-21(19)26)22(32)15-29-24(33)23(27)28;1-2-17-6-10-20(11-7-17)27(23(29)26-12-4-3-5-13-26)16-19-9-8-18(14-21(19)24)22(28)15-25/h6-11,14,23H,2-5,12-13,15-16H2,1H3,(H,29,33);6-11,14H,2-5,12-13,15-16,25H2,1H3. The number of carbonyl (C=O) groups is 5. The number of nitrogens with zero attached hydrogens (tertiary/aromatic N) is 4. The molecule has 6 rings (SSSR count). The molecule has 11 nitrogen and oxygen atoms in total. The largest absolute Gasteiger partial charge is 0.344 e. The molecule has 0 unspecified atom stereocenters. The van der Waals surface area contributed by atoms with Crippen LogP contribution in [-0.2, 0) is 30.7 Å². The van der Waals surface area contributed by atoms with Gasteiger partial charge in [0.05, 0.1) is 26.2 Å². The van der Waals surface area contributed by atoms with Crippen LogP contribution in [0.3, 0.4) is 0 Å². The van der Waals surface area contributed by atoms with Crippen LogP contribution in [0.5, 0.6) is 0 Å². The van der Waals surface area contributed by atoms with Gasteiger partial charge in [0, 0.05) is 59.8 Å². The van der Waals surface area contributed by atoms with Crippen molar-refractivity contribution in [3.05, 3.63) is 130 Å². The summed E-state index contributed by atoms with van der Waals surface area (Å²) in [6.45, 7) is 6.06. The average molecular weight is 873 g/mol. The quantitative estimate of drug-likeness (QED) is 0.0962. The second-order valence-electron chi connectivity index (χ2n) is 15.6. The molecule has 15 heteroatoms.